The fraction of sp³-hybridized carbons (Fsp3) is 0.158. The van der Waals surface area contributed by atoms with Crippen LogP contribution >= 0.6 is 0 Å². The van der Waals surface area contributed by atoms with Gasteiger partial charge >= 0.3 is 0 Å². The van der Waals surface area contributed by atoms with Crippen molar-refractivity contribution in [1.29, 1.82) is 0 Å². The number of nitrogens with one attached hydrogen (secondary N) is 1. The van der Waals surface area contributed by atoms with E-state index in [4.69, 9.17) is 4.74 Å². The lowest BCUT2D eigenvalue weighted by atomic mass is 10.1. The Balaban J connectivity index is 1.85. The summed E-state index contributed by atoms with van der Waals surface area (Å²) in [6.45, 7) is 3.48. The van der Waals surface area contributed by atoms with Gasteiger partial charge < -0.3 is 10.1 Å². The van der Waals surface area contributed by atoms with Crippen molar-refractivity contribution in [3.05, 3.63) is 65.6 Å². The molecule has 7 nitrogen and oxygen atoms in total. The number of anilines is 1. The molecule has 0 unspecified atom stereocenters. The number of aromatic nitrogens is 3. The molecule has 0 saturated heterocycles. The lowest BCUT2D eigenvalue weighted by Gasteiger charge is -2.06. The molecule has 0 fully saturated rings. The first-order chi connectivity index (χ1) is 12.5. The Morgan fingerprint density at radius 1 is 1.08 bits per heavy atom. The molecule has 0 aliphatic carbocycles. The Morgan fingerprint density at radius 3 is 2.42 bits per heavy atom. The van der Waals surface area contributed by atoms with Crippen LogP contribution in [0.3, 0.4) is 0 Å². The zero-order valence-corrected chi connectivity index (χ0v) is 14.7. The first-order valence-corrected chi connectivity index (χ1v) is 7.98. The normalized spacial score (nSPS) is 10.4. The predicted octanol–water partition coefficient (Wildman–Crippen LogP) is 2.71. The molecular formula is C19H18N4O3. The molecule has 26 heavy (non-hydrogen) atoms. The topological polar surface area (TPSA) is 86.1 Å². The highest BCUT2D eigenvalue weighted by Gasteiger charge is 2.25. The molecular weight excluding hydrogens is 332 g/mol. The van der Waals surface area contributed by atoms with Crippen LogP contribution in [0.5, 0.6) is 5.88 Å². The molecule has 132 valence electrons. The minimum absolute atomic E-state index is 0.299. The van der Waals surface area contributed by atoms with Gasteiger partial charge in [-0.3, -0.25) is 9.59 Å². The van der Waals surface area contributed by atoms with Crippen molar-refractivity contribution in [3.8, 4) is 11.6 Å². The number of ether oxygens (including phenoxy) is 1. The molecule has 1 N–H and O–H groups in total. The summed E-state index contributed by atoms with van der Waals surface area (Å²) in [7, 11) is 1.50. The summed E-state index contributed by atoms with van der Waals surface area (Å²) in [5.74, 6) is -0.959. The SMILES string of the molecule is COc1ccc(NC(=O)C(=O)c2c(C)nn(-c3ccccc3)c2C)cn1. The Morgan fingerprint density at radius 2 is 1.81 bits per heavy atom. The number of carbonyl (C=O) groups is 2. The molecule has 0 atom stereocenters. The maximum atomic E-state index is 12.6. The number of benzene rings is 1. The van der Waals surface area contributed by atoms with Crippen LogP contribution in [0.1, 0.15) is 21.7 Å². The number of amides is 1. The van der Waals surface area contributed by atoms with E-state index in [1.807, 2.05) is 30.3 Å². The number of aryl methyl sites for hydroxylation is 1. The van der Waals surface area contributed by atoms with Crippen molar-refractivity contribution in [2.75, 3.05) is 12.4 Å². The summed E-state index contributed by atoms with van der Waals surface area (Å²) in [5, 5.41) is 6.95. The van der Waals surface area contributed by atoms with Crippen molar-refractivity contribution in [2.45, 2.75) is 13.8 Å². The molecule has 3 aromatic rings. The third kappa shape index (κ3) is 3.32. The molecule has 7 heteroatoms. The number of methoxy groups -OCH3 is 1. The van der Waals surface area contributed by atoms with E-state index in [1.165, 1.54) is 13.3 Å². The number of pyridine rings is 1. The maximum absolute atomic E-state index is 12.6. The summed E-state index contributed by atoms with van der Waals surface area (Å²) in [5.41, 5.74) is 2.65. The van der Waals surface area contributed by atoms with Crippen molar-refractivity contribution in [2.24, 2.45) is 0 Å². The zero-order chi connectivity index (χ0) is 18.7. The molecule has 0 radical (unpaired) electrons. The van der Waals surface area contributed by atoms with Crippen LogP contribution in [0.2, 0.25) is 0 Å². The van der Waals surface area contributed by atoms with Gasteiger partial charge in [-0.2, -0.15) is 5.10 Å². The first kappa shape index (κ1) is 17.3. The third-order valence-corrected chi connectivity index (χ3v) is 3.93. The standard InChI is InChI=1S/C19H18N4O3/c1-12-17(13(2)23(22-12)15-7-5-4-6-8-15)18(24)19(25)21-14-9-10-16(26-3)20-11-14/h4-11H,1-3H3,(H,21,25). The van der Waals surface area contributed by atoms with Crippen LogP contribution in [0.4, 0.5) is 5.69 Å². The minimum atomic E-state index is -0.740. The van der Waals surface area contributed by atoms with Gasteiger partial charge in [0.15, 0.2) is 0 Å². The van der Waals surface area contributed by atoms with E-state index in [2.05, 4.69) is 15.4 Å². The number of ketones is 1. The number of para-hydroxylation sites is 1. The highest BCUT2D eigenvalue weighted by atomic mass is 16.5. The molecule has 0 aliphatic heterocycles. The van der Waals surface area contributed by atoms with Gasteiger partial charge in [0.25, 0.3) is 11.7 Å². The van der Waals surface area contributed by atoms with Gasteiger partial charge in [0.2, 0.25) is 5.88 Å². The van der Waals surface area contributed by atoms with E-state index in [0.717, 1.165) is 5.69 Å². The van der Waals surface area contributed by atoms with Crippen molar-refractivity contribution in [1.82, 2.24) is 14.8 Å². The van der Waals surface area contributed by atoms with Crippen LogP contribution in [0, 0.1) is 13.8 Å². The second kappa shape index (κ2) is 7.18. The number of hydrogen-bond donors (Lipinski definition) is 1. The number of carbonyl (C=O) groups excluding carboxylic acids is 2. The van der Waals surface area contributed by atoms with Crippen LogP contribution in [0.25, 0.3) is 5.69 Å². The lowest BCUT2D eigenvalue weighted by Crippen LogP contribution is -2.24. The van der Waals surface area contributed by atoms with Crippen LogP contribution in [-0.2, 0) is 4.79 Å². The second-order valence-corrected chi connectivity index (χ2v) is 5.67. The van der Waals surface area contributed by atoms with Gasteiger partial charge in [0, 0.05) is 6.07 Å². The molecule has 1 aromatic carbocycles. The third-order valence-electron chi connectivity index (χ3n) is 3.93. The monoisotopic (exact) mass is 350 g/mol. The van der Waals surface area contributed by atoms with Crippen LogP contribution in [0.15, 0.2) is 48.7 Å². The zero-order valence-electron chi connectivity index (χ0n) is 14.7. The molecule has 0 spiro atoms. The van der Waals surface area contributed by atoms with E-state index in [1.54, 1.807) is 30.7 Å². The first-order valence-electron chi connectivity index (χ1n) is 7.98. The fourth-order valence-corrected chi connectivity index (χ4v) is 2.67. The van der Waals surface area contributed by atoms with E-state index >= 15 is 0 Å². The van der Waals surface area contributed by atoms with Gasteiger partial charge in [-0.25, -0.2) is 9.67 Å². The van der Waals surface area contributed by atoms with E-state index in [9.17, 15) is 9.59 Å². The average molecular weight is 350 g/mol. The summed E-state index contributed by atoms with van der Waals surface area (Å²) in [6.07, 6.45) is 1.43. The van der Waals surface area contributed by atoms with E-state index in [-0.39, 0.29) is 0 Å². The summed E-state index contributed by atoms with van der Waals surface area (Å²) in [6, 6.07) is 12.7. The maximum Gasteiger partial charge on any atom is 0.296 e. The second-order valence-electron chi connectivity index (χ2n) is 5.67. The Hall–Kier alpha value is -3.48. The highest BCUT2D eigenvalue weighted by molar-refractivity contribution is 6.47. The Labute approximate surface area is 150 Å². The van der Waals surface area contributed by atoms with Gasteiger partial charge in [-0.15, -0.1) is 0 Å². The average Bonchev–Trinajstić information content (AvgIpc) is 2.96. The number of nitrogens with zero attached hydrogens (tertiary/aromatic N) is 3. The molecule has 0 saturated carbocycles. The van der Waals surface area contributed by atoms with Gasteiger partial charge in [0.1, 0.15) is 0 Å². The number of hydrogen-bond acceptors (Lipinski definition) is 5. The van der Waals surface area contributed by atoms with Crippen molar-refractivity contribution < 1.29 is 14.3 Å². The van der Waals surface area contributed by atoms with Crippen molar-refractivity contribution >= 4 is 17.4 Å². The number of Topliss-reactive ketones (excluding diaryl/α,β-unsaturated/α-hetero) is 1. The molecule has 2 heterocycles. The molecule has 3 rings (SSSR count). The largest absolute Gasteiger partial charge is 0.481 e. The molecule has 2 aromatic heterocycles. The lowest BCUT2D eigenvalue weighted by molar-refractivity contribution is -0.112. The van der Waals surface area contributed by atoms with Crippen LogP contribution < -0.4 is 10.1 Å². The molecule has 0 bridgehead atoms. The Bertz CT molecular complexity index is 947. The summed E-state index contributed by atoms with van der Waals surface area (Å²) >= 11 is 0. The minimum Gasteiger partial charge on any atom is -0.481 e. The van der Waals surface area contributed by atoms with Gasteiger partial charge in [0.05, 0.1) is 41.6 Å². The van der Waals surface area contributed by atoms with Crippen LogP contribution in [-0.4, -0.2) is 33.6 Å². The Kier molecular flexibility index (Phi) is 4.79. The smallest absolute Gasteiger partial charge is 0.296 e. The summed E-state index contributed by atoms with van der Waals surface area (Å²) in [4.78, 5) is 29.0. The van der Waals surface area contributed by atoms with E-state index in [0.29, 0.717) is 28.5 Å². The number of rotatable bonds is 5. The molecule has 0 aliphatic rings. The predicted molar refractivity (Wildman–Crippen MR) is 96.8 cm³/mol. The molecule has 1 amide bonds. The fourth-order valence-electron chi connectivity index (χ4n) is 2.67. The van der Waals surface area contributed by atoms with E-state index < -0.39 is 11.7 Å². The quantitative estimate of drug-likeness (QED) is 0.565. The van der Waals surface area contributed by atoms with Crippen molar-refractivity contribution in [3.63, 3.8) is 0 Å². The van der Waals surface area contributed by atoms with Gasteiger partial charge in [-0.05, 0) is 32.0 Å². The van der Waals surface area contributed by atoms with Gasteiger partial charge in [-0.1, -0.05) is 18.2 Å². The highest BCUT2D eigenvalue weighted by Crippen LogP contribution is 2.19. The summed E-state index contributed by atoms with van der Waals surface area (Å²) < 4.78 is 6.62.